The molecule has 6 aromatic rings. The zero-order valence-electron chi connectivity index (χ0n) is 35.9. The minimum Gasteiger partial charge on any atom is -0.0683 e. The molecule has 0 unspecified atom stereocenters. The van der Waals surface area contributed by atoms with Crippen molar-refractivity contribution in [3.05, 3.63) is 105 Å². The van der Waals surface area contributed by atoms with E-state index in [1.54, 1.807) is 0 Å². The molecule has 0 spiro atoms. The second kappa shape index (κ2) is 12.5. The van der Waals surface area contributed by atoms with Gasteiger partial charge in [-0.15, -0.1) is 0 Å². The van der Waals surface area contributed by atoms with Crippen LogP contribution < -0.4 is 0 Å². The molecule has 0 radical (unpaired) electrons. The van der Waals surface area contributed by atoms with E-state index in [0.29, 0.717) is 11.8 Å². The van der Waals surface area contributed by atoms with Gasteiger partial charge in [0, 0.05) is 10.8 Å². The van der Waals surface area contributed by atoms with Gasteiger partial charge >= 0.3 is 0 Å². The van der Waals surface area contributed by atoms with E-state index < -0.39 is 0 Å². The van der Waals surface area contributed by atoms with Crippen molar-refractivity contribution in [3.63, 3.8) is 0 Å². The molecule has 0 N–H and O–H groups in total. The van der Waals surface area contributed by atoms with Crippen LogP contribution >= 0.6 is 0 Å². The van der Waals surface area contributed by atoms with Crippen LogP contribution in [-0.4, -0.2) is 0 Å². The first-order valence-corrected chi connectivity index (χ1v) is 20.4. The van der Waals surface area contributed by atoms with Crippen LogP contribution in [0.2, 0.25) is 0 Å². The smallest absolute Gasteiger partial charge is 0.0159 e. The maximum atomic E-state index is 2.61. The Balaban J connectivity index is 0.00000112. The highest BCUT2D eigenvalue weighted by atomic mass is 14.4. The quantitative estimate of drug-likeness (QED) is 0.159. The second-order valence-electron chi connectivity index (χ2n) is 19.1. The summed E-state index contributed by atoms with van der Waals surface area (Å²) in [6, 6.07) is 25.2. The fourth-order valence-corrected chi connectivity index (χ4v) is 9.44. The van der Waals surface area contributed by atoms with Crippen molar-refractivity contribution < 1.29 is 0 Å². The summed E-state index contributed by atoms with van der Waals surface area (Å²) in [4.78, 5) is 0. The van der Waals surface area contributed by atoms with Gasteiger partial charge in [0.25, 0.3) is 0 Å². The summed E-state index contributed by atoms with van der Waals surface area (Å²) in [6.45, 7) is 41.5. The summed E-state index contributed by atoms with van der Waals surface area (Å²) < 4.78 is 0. The van der Waals surface area contributed by atoms with E-state index in [0.717, 1.165) is 0 Å². The van der Waals surface area contributed by atoms with Crippen LogP contribution in [0, 0.1) is 0 Å². The molecule has 2 aliphatic rings. The Bertz CT molecular complexity index is 2170. The standard InChI is InChI=1S/C48H54.2C2H6/c1-25(2)31-23-39-41-34(30-18-16-27(45(5,6)7)19-37(30)47(39,11)12)22-36-32(26(3)4)24-40-42-33(21-35(31)43(41)44(36)42)29-17-15-28(46(8,9)10)20-38(29)48(40,13)14;2*1-2/h15-26H,1-14H3;2*1-2H3. The first kappa shape index (κ1) is 38.1. The average molecular weight is 691 g/mol. The Kier molecular flexibility index (Phi) is 9.13. The molecular weight excluding hydrogens is 625 g/mol. The van der Waals surface area contributed by atoms with Crippen LogP contribution in [0.15, 0.2) is 60.7 Å². The summed E-state index contributed by atoms with van der Waals surface area (Å²) in [6.07, 6.45) is 0. The Morgan fingerprint density at radius 3 is 1.02 bits per heavy atom. The Morgan fingerprint density at radius 1 is 0.404 bits per heavy atom. The van der Waals surface area contributed by atoms with Crippen LogP contribution in [0.1, 0.15) is 181 Å². The van der Waals surface area contributed by atoms with Crippen molar-refractivity contribution in [3.8, 4) is 22.3 Å². The van der Waals surface area contributed by atoms with Crippen molar-refractivity contribution in [2.45, 2.75) is 158 Å². The maximum absolute atomic E-state index is 2.61. The molecule has 0 atom stereocenters. The molecule has 2 aliphatic carbocycles. The van der Waals surface area contributed by atoms with Crippen LogP contribution in [0.25, 0.3) is 54.6 Å². The van der Waals surface area contributed by atoms with Crippen molar-refractivity contribution in [1.82, 2.24) is 0 Å². The second-order valence-corrected chi connectivity index (χ2v) is 19.1. The highest BCUT2D eigenvalue weighted by Gasteiger charge is 2.40. The molecule has 0 fully saturated rings. The van der Waals surface area contributed by atoms with E-state index in [-0.39, 0.29) is 21.7 Å². The largest absolute Gasteiger partial charge is 0.0683 e. The zero-order valence-corrected chi connectivity index (χ0v) is 35.9. The fourth-order valence-electron chi connectivity index (χ4n) is 9.44. The number of rotatable bonds is 2. The third-order valence-corrected chi connectivity index (χ3v) is 12.5. The minimum atomic E-state index is -0.117. The van der Waals surface area contributed by atoms with E-state index in [4.69, 9.17) is 0 Å². The summed E-state index contributed by atoms with van der Waals surface area (Å²) in [5, 5.41) is 8.84. The average Bonchev–Trinajstić information content (AvgIpc) is 3.09. The Labute approximate surface area is 316 Å². The first-order valence-electron chi connectivity index (χ1n) is 20.4. The molecule has 0 nitrogen and oxygen atoms in total. The van der Waals surface area contributed by atoms with E-state index >= 15 is 0 Å². The first-order chi connectivity index (χ1) is 24.2. The van der Waals surface area contributed by atoms with E-state index in [9.17, 15) is 0 Å². The predicted octanol–water partition coefficient (Wildman–Crippen LogP) is 16.1. The Morgan fingerprint density at radius 2 is 0.731 bits per heavy atom. The van der Waals surface area contributed by atoms with Crippen LogP contribution in [0.5, 0.6) is 0 Å². The van der Waals surface area contributed by atoms with Gasteiger partial charge in [0.05, 0.1) is 0 Å². The summed E-state index contributed by atoms with van der Waals surface area (Å²) in [7, 11) is 0. The van der Waals surface area contributed by atoms with Crippen LogP contribution in [0.3, 0.4) is 0 Å². The molecule has 0 heterocycles. The maximum Gasteiger partial charge on any atom is 0.0159 e. The molecule has 52 heavy (non-hydrogen) atoms. The summed E-state index contributed by atoms with van der Waals surface area (Å²) in [5.74, 6) is 0.817. The third kappa shape index (κ3) is 5.28. The summed E-state index contributed by atoms with van der Waals surface area (Å²) >= 11 is 0. The van der Waals surface area contributed by atoms with Gasteiger partial charge in [0.1, 0.15) is 0 Å². The fraction of sp³-hybridized carbons (Fsp3) is 0.462. The zero-order chi connectivity index (χ0) is 38.6. The number of hydrogen-bond acceptors (Lipinski definition) is 0. The van der Waals surface area contributed by atoms with Crippen molar-refractivity contribution in [2.24, 2.45) is 0 Å². The van der Waals surface area contributed by atoms with Gasteiger partial charge in [-0.05, 0) is 134 Å². The molecule has 0 saturated heterocycles. The highest BCUT2D eigenvalue weighted by molar-refractivity contribution is 6.32. The molecule has 274 valence electrons. The molecule has 0 amide bonds. The lowest BCUT2D eigenvalue weighted by molar-refractivity contribution is 0.582. The van der Waals surface area contributed by atoms with Gasteiger partial charge < -0.3 is 0 Å². The molecule has 0 aromatic heterocycles. The number of benzene rings is 6. The van der Waals surface area contributed by atoms with E-state index in [1.165, 1.54) is 99.1 Å². The van der Waals surface area contributed by atoms with E-state index in [2.05, 4.69) is 158 Å². The molecule has 6 aromatic carbocycles. The van der Waals surface area contributed by atoms with Crippen LogP contribution in [-0.2, 0) is 21.7 Å². The van der Waals surface area contributed by atoms with Crippen molar-refractivity contribution >= 4 is 32.3 Å². The third-order valence-electron chi connectivity index (χ3n) is 12.5. The van der Waals surface area contributed by atoms with Gasteiger partial charge in [-0.25, -0.2) is 0 Å². The van der Waals surface area contributed by atoms with Crippen LogP contribution in [0.4, 0.5) is 0 Å². The SMILES string of the molecule is CC.CC.CC(C)c1cc2c3c(cc4c(C(C)C)cc5c6c(cc1c3c46)-c1ccc(C(C)(C)C)cc1C5(C)C)-c1ccc(C(C)(C)C)cc1C2(C)C. The number of fused-ring (bicyclic) bond motifs is 4. The summed E-state index contributed by atoms with van der Waals surface area (Å²) in [5.41, 5.74) is 17.3. The number of hydrogen-bond donors (Lipinski definition) is 0. The van der Waals surface area contributed by atoms with Crippen molar-refractivity contribution in [1.29, 1.82) is 0 Å². The predicted molar refractivity (Wildman–Crippen MR) is 234 cm³/mol. The molecular formula is C52H66. The topological polar surface area (TPSA) is 0 Å². The molecule has 0 bridgehead atoms. The minimum absolute atomic E-state index is 0.0969. The van der Waals surface area contributed by atoms with Gasteiger partial charge in [-0.3, -0.25) is 0 Å². The van der Waals surface area contributed by atoms with Gasteiger partial charge in [0.2, 0.25) is 0 Å². The van der Waals surface area contributed by atoms with Gasteiger partial charge in [0.15, 0.2) is 0 Å². The lowest BCUT2D eigenvalue weighted by Gasteiger charge is -2.40. The van der Waals surface area contributed by atoms with Gasteiger partial charge in [-0.2, -0.15) is 0 Å². The lowest BCUT2D eigenvalue weighted by Crippen LogP contribution is -2.27. The Hall–Kier alpha value is -3.64. The molecule has 0 aliphatic heterocycles. The molecule has 8 rings (SSSR count). The monoisotopic (exact) mass is 691 g/mol. The van der Waals surface area contributed by atoms with Gasteiger partial charge in [-0.1, -0.05) is 173 Å². The molecule has 0 saturated carbocycles. The van der Waals surface area contributed by atoms with E-state index in [1.807, 2.05) is 27.7 Å². The lowest BCUT2D eigenvalue weighted by atomic mass is 9.62. The highest BCUT2D eigenvalue weighted by Crippen LogP contribution is 2.59. The van der Waals surface area contributed by atoms with Crippen molar-refractivity contribution in [2.75, 3.05) is 0 Å². The molecule has 0 heteroatoms. The normalized spacial score (nSPS) is 15.4.